The lowest BCUT2D eigenvalue weighted by Crippen LogP contribution is -2.11. The van der Waals surface area contributed by atoms with Crippen LogP contribution in [0.2, 0.25) is 0 Å². The number of hydrogen-bond donors (Lipinski definition) is 1. The summed E-state index contributed by atoms with van der Waals surface area (Å²) in [6.07, 6.45) is 3.48. The monoisotopic (exact) mass is 237 g/mol. The predicted molar refractivity (Wildman–Crippen MR) is 58.9 cm³/mol. The normalized spacial score (nSPS) is 10.9. The van der Waals surface area contributed by atoms with Gasteiger partial charge in [-0.1, -0.05) is 5.21 Å². The number of rotatable bonds is 6. The summed E-state index contributed by atoms with van der Waals surface area (Å²) in [4.78, 5) is 0. The van der Waals surface area contributed by atoms with Gasteiger partial charge in [0.25, 0.3) is 0 Å². The van der Waals surface area contributed by atoms with Crippen LogP contribution in [0.25, 0.3) is 0 Å². The summed E-state index contributed by atoms with van der Waals surface area (Å²) in [7, 11) is 1.66. The molecule has 0 fully saturated rings. The molecule has 0 aromatic carbocycles. The fourth-order valence-corrected chi connectivity index (χ4v) is 1.43. The Kier molecular flexibility index (Phi) is 3.78. The van der Waals surface area contributed by atoms with Crippen molar-refractivity contribution in [2.75, 3.05) is 13.7 Å². The van der Waals surface area contributed by atoms with Crippen molar-refractivity contribution in [3.63, 3.8) is 0 Å². The van der Waals surface area contributed by atoms with Gasteiger partial charge in [0.15, 0.2) is 5.82 Å². The molecule has 2 aromatic rings. The first kappa shape index (κ1) is 11.7. The molecule has 0 amide bonds. The molecule has 0 saturated heterocycles. The van der Waals surface area contributed by atoms with Crippen molar-refractivity contribution in [2.24, 2.45) is 5.73 Å². The summed E-state index contributed by atoms with van der Waals surface area (Å²) in [5.74, 6) is 0.815. The van der Waals surface area contributed by atoms with Gasteiger partial charge >= 0.3 is 0 Å². The van der Waals surface area contributed by atoms with Crippen LogP contribution in [0.5, 0.6) is 0 Å². The zero-order valence-electron chi connectivity index (χ0n) is 9.65. The minimum absolute atomic E-state index is 0.385. The van der Waals surface area contributed by atoms with Gasteiger partial charge in [0, 0.05) is 20.2 Å². The minimum Gasteiger partial charge on any atom is -0.383 e. The van der Waals surface area contributed by atoms with Crippen molar-refractivity contribution in [3.8, 4) is 0 Å². The molecular weight excluding hydrogens is 222 g/mol. The molecule has 8 nitrogen and oxygen atoms in total. The third kappa shape index (κ3) is 2.86. The largest absolute Gasteiger partial charge is 0.383 e. The van der Waals surface area contributed by atoms with Gasteiger partial charge in [-0.2, -0.15) is 0 Å². The average Bonchev–Trinajstić information content (AvgIpc) is 2.96. The second-order valence-electron chi connectivity index (χ2n) is 3.54. The van der Waals surface area contributed by atoms with Gasteiger partial charge in [-0.15, -0.1) is 15.3 Å². The van der Waals surface area contributed by atoms with Crippen molar-refractivity contribution in [3.05, 3.63) is 24.0 Å². The third-order valence-corrected chi connectivity index (χ3v) is 2.33. The highest BCUT2D eigenvalue weighted by molar-refractivity contribution is 4.94. The second kappa shape index (κ2) is 5.51. The van der Waals surface area contributed by atoms with Crippen LogP contribution < -0.4 is 5.73 Å². The molecule has 0 bridgehead atoms. The van der Waals surface area contributed by atoms with Gasteiger partial charge in [-0.3, -0.25) is 0 Å². The van der Waals surface area contributed by atoms with Crippen LogP contribution in [0.4, 0.5) is 0 Å². The molecule has 8 heteroatoms. The molecule has 0 aliphatic rings. The third-order valence-electron chi connectivity index (χ3n) is 2.33. The lowest BCUT2D eigenvalue weighted by Gasteiger charge is -2.05. The topological polar surface area (TPSA) is 96.7 Å². The molecule has 0 aliphatic heterocycles. The molecule has 0 spiro atoms. The number of methoxy groups -OCH3 is 1. The van der Waals surface area contributed by atoms with Crippen LogP contribution in [-0.4, -0.2) is 43.5 Å². The van der Waals surface area contributed by atoms with E-state index in [-0.39, 0.29) is 0 Å². The van der Waals surface area contributed by atoms with Gasteiger partial charge < -0.3 is 15.0 Å². The van der Waals surface area contributed by atoms with Crippen LogP contribution in [0, 0.1) is 0 Å². The van der Waals surface area contributed by atoms with Crippen LogP contribution in [0.15, 0.2) is 12.5 Å². The van der Waals surface area contributed by atoms with E-state index in [1.807, 2.05) is 4.57 Å². The van der Waals surface area contributed by atoms with Crippen LogP contribution >= 0.6 is 0 Å². The highest BCUT2D eigenvalue weighted by atomic mass is 16.5. The zero-order valence-corrected chi connectivity index (χ0v) is 9.65. The Labute approximate surface area is 98.4 Å². The van der Waals surface area contributed by atoms with E-state index in [0.717, 1.165) is 18.1 Å². The fourth-order valence-electron chi connectivity index (χ4n) is 1.43. The maximum absolute atomic E-state index is 5.47. The lowest BCUT2D eigenvalue weighted by atomic mass is 10.5. The summed E-state index contributed by atoms with van der Waals surface area (Å²) < 4.78 is 8.63. The quantitative estimate of drug-likeness (QED) is 0.693. The number of ether oxygens (including phenoxy) is 1. The molecular formula is C9H15N7O. The van der Waals surface area contributed by atoms with E-state index >= 15 is 0 Å². The van der Waals surface area contributed by atoms with Crippen molar-refractivity contribution in [2.45, 2.75) is 19.6 Å². The van der Waals surface area contributed by atoms with Gasteiger partial charge in [-0.05, 0) is 0 Å². The maximum atomic E-state index is 5.47. The molecule has 0 radical (unpaired) electrons. The summed E-state index contributed by atoms with van der Waals surface area (Å²) >= 11 is 0. The Balaban J connectivity index is 2.04. The molecule has 2 rings (SSSR count). The first-order chi connectivity index (χ1) is 8.33. The lowest BCUT2D eigenvalue weighted by molar-refractivity contribution is 0.186. The maximum Gasteiger partial charge on any atom is 0.154 e. The standard InChI is InChI=1S/C9H15N7O/c1-17-3-2-15-7-11-13-9(15)6-16-5-8(4-10)12-14-16/h5,7H,2-4,6,10H2,1H3. The van der Waals surface area contributed by atoms with Gasteiger partial charge in [-0.25, -0.2) is 4.68 Å². The van der Waals surface area contributed by atoms with E-state index in [0.29, 0.717) is 19.7 Å². The Morgan fingerprint density at radius 2 is 2.29 bits per heavy atom. The molecule has 2 aromatic heterocycles. The molecule has 0 atom stereocenters. The van der Waals surface area contributed by atoms with E-state index < -0.39 is 0 Å². The van der Waals surface area contributed by atoms with Crippen LogP contribution in [0.1, 0.15) is 11.5 Å². The van der Waals surface area contributed by atoms with Crippen molar-refractivity contribution in [1.29, 1.82) is 0 Å². The molecule has 2 heterocycles. The molecule has 2 N–H and O–H groups in total. The predicted octanol–water partition coefficient (Wildman–Crippen LogP) is -0.977. The average molecular weight is 237 g/mol. The SMILES string of the molecule is COCCn1cnnc1Cn1cc(CN)nn1. The number of aromatic nitrogens is 6. The van der Waals surface area contributed by atoms with E-state index in [9.17, 15) is 0 Å². The molecule has 17 heavy (non-hydrogen) atoms. The Morgan fingerprint density at radius 1 is 1.41 bits per heavy atom. The van der Waals surface area contributed by atoms with Gasteiger partial charge in [0.05, 0.1) is 18.5 Å². The van der Waals surface area contributed by atoms with Crippen molar-refractivity contribution in [1.82, 2.24) is 29.8 Å². The van der Waals surface area contributed by atoms with Crippen LogP contribution in [0.3, 0.4) is 0 Å². The molecule has 0 unspecified atom stereocenters. The highest BCUT2D eigenvalue weighted by Crippen LogP contribution is 1.99. The Bertz CT molecular complexity index is 463. The first-order valence-electron chi connectivity index (χ1n) is 5.28. The van der Waals surface area contributed by atoms with Crippen molar-refractivity contribution < 1.29 is 4.74 Å². The Morgan fingerprint density at radius 3 is 3.00 bits per heavy atom. The van der Waals surface area contributed by atoms with E-state index in [2.05, 4.69) is 20.5 Å². The van der Waals surface area contributed by atoms with Gasteiger partial charge in [0.1, 0.15) is 12.9 Å². The summed E-state index contributed by atoms with van der Waals surface area (Å²) in [6.45, 7) is 2.25. The summed E-state index contributed by atoms with van der Waals surface area (Å²) in [5, 5.41) is 15.8. The first-order valence-corrected chi connectivity index (χ1v) is 5.28. The highest BCUT2D eigenvalue weighted by Gasteiger charge is 2.06. The Hall–Kier alpha value is -1.80. The van der Waals surface area contributed by atoms with Crippen molar-refractivity contribution >= 4 is 0 Å². The zero-order chi connectivity index (χ0) is 12.1. The minimum atomic E-state index is 0.385. The summed E-state index contributed by atoms with van der Waals surface area (Å²) in [6, 6.07) is 0. The fraction of sp³-hybridized carbons (Fsp3) is 0.556. The smallest absolute Gasteiger partial charge is 0.154 e. The number of nitrogens with two attached hydrogens (primary N) is 1. The number of nitrogens with zero attached hydrogens (tertiary/aromatic N) is 6. The van der Waals surface area contributed by atoms with E-state index in [1.165, 1.54) is 0 Å². The molecule has 0 saturated carbocycles. The van der Waals surface area contributed by atoms with E-state index in [4.69, 9.17) is 10.5 Å². The number of hydrogen-bond acceptors (Lipinski definition) is 6. The van der Waals surface area contributed by atoms with Crippen LogP contribution in [-0.2, 0) is 24.4 Å². The molecule has 0 aliphatic carbocycles. The second-order valence-corrected chi connectivity index (χ2v) is 3.54. The molecule has 92 valence electrons. The van der Waals surface area contributed by atoms with E-state index in [1.54, 1.807) is 24.3 Å². The summed E-state index contributed by atoms with van der Waals surface area (Å²) in [5.41, 5.74) is 6.22. The van der Waals surface area contributed by atoms with Gasteiger partial charge in [0.2, 0.25) is 0 Å².